The van der Waals surface area contributed by atoms with Crippen molar-refractivity contribution in [1.29, 1.82) is 0 Å². The molecule has 1 aliphatic heterocycles. The fourth-order valence-electron chi connectivity index (χ4n) is 4.93. The smallest absolute Gasteiger partial charge is 0.165 e. The Morgan fingerprint density at radius 3 is 2.91 bits per heavy atom. The van der Waals surface area contributed by atoms with Crippen LogP contribution in [0.5, 0.6) is 0 Å². The van der Waals surface area contributed by atoms with Crippen molar-refractivity contribution in [2.24, 2.45) is 5.92 Å². The normalized spacial score (nSPS) is 28.0. The van der Waals surface area contributed by atoms with Crippen molar-refractivity contribution in [3.63, 3.8) is 0 Å². The summed E-state index contributed by atoms with van der Waals surface area (Å²) in [6.45, 7) is 2.15. The number of aliphatic hydroxyl groups excluding tert-OH is 2. The van der Waals surface area contributed by atoms with Gasteiger partial charge >= 0.3 is 0 Å². The van der Waals surface area contributed by atoms with Gasteiger partial charge in [-0.1, -0.05) is 17.7 Å². The fourth-order valence-corrected chi connectivity index (χ4v) is 5.12. The minimum absolute atomic E-state index is 0.132. The lowest BCUT2D eigenvalue weighted by Gasteiger charge is -2.20. The van der Waals surface area contributed by atoms with Crippen LogP contribution in [0, 0.1) is 5.92 Å². The summed E-state index contributed by atoms with van der Waals surface area (Å²) in [6, 6.07) is 7.78. The van der Waals surface area contributed by atoms with E-state index in [2.05, 4.69) is 31.2 Å². The zero-order valence-corrected chi connectivity index (χ0v) is 18.6. The van der Waals surface area contributed by atoms with Gasteiger partial charge in [0.05, 0.1) is 25.1 Å². The van der Waals surface area contributed by atoms with E-state index in [0.717, 1.165) is 30.2 Å². The van der Waals surface area contributed by atoms with Gasteiger partial charge in [0.2, 0.25) is 0 Å². The number of hydrogen-bond acceptors (Lipinski definition) is 8. The Morgan fingerprint density at radius 1 is 1.22 bits per heavy atom. The molecule has 170 valence electrons. The molecule has 2 fully saturated rings. The average Bonchev–Trinajstić information content (AvgIpc) is 3.49. The van der Waals surface area contributed by atoms with E-state index >= 15 is 0 Å². The largest absolute Gasteiger partial charge is 0.390 e. The molecule has 0 spiro atoms. The van der Waals surface area contributed by atoms with Gasteiger partial charge in [0.15, 0.2) is 11.5 Å². The van der Waals surface area contributed by atoms with Crippen molar-refractivity contribution in [2.45, 2.75) is 37.1 Å². The van der Waals surface area contributed by atoms with E-state index in [1.807, 2.05) is 22.8 Å². The summed E-state index contributed by atoms with van der Waals surface area (Å²) in [5, 5.41) is 25.3. The Bertz CT molecular complexity index is 1090. The molecule has 9 nitrogen and oxygen atoms in total. The Balaban J connectivity index is 1.34. The second-order valence-electron chi connectivity index (χ2n) is 8.60. The number of hydrogen-bond donors (Lipinski definition) is 3. The highest BCUT2D eigenvalue weighted by atomic mass is 35.5. The summed E-state index contributed by atoms with van der Waals surface area (Å²) < 4.78 is 7.04. The fraction of sp³-hybridized carbons (Fsp3) is 0.500. The maximum absolute atomic E-state index is 10.6. The summed E-state index contributed by atoms with van der Waals surface area (Å²) in [5.74, 6) is 0.543. The number of nitrogens with one attached hydrogen (secondary N) is 1. The van der Waals surface area contributed by atoms with E-state index in [1.165, 1.54) is 6.33 Å². The number of benzene rings is 1. The predicted molar refractivity (Wildman–Crippen MR) is 122 cm³/mol. The maximum atomic E-state index is 10.6. The van der Waals surface area contributed by atoms with Crippen molar-refractivity contribution in [3.05, 3.63) is 41.9 Å². The molecule has 0 unspecified atom stereocenters. The van der Waals surface area contributed by atoms with Crippen LogP contribution in [0.2, 0.25) is 5.02 Å². The minimum Gasteiger partial charge on any atom is -0.390 e. The molecule has 2 aromatic heterocycles. The second kappa shape index (κ2) is 8.82. The van der Waals surface area contributed by atoms with Gasteiger partial charge in [-0.25, -0.2) is 15.0 Å². The van der Waals surface area contributed by atoms with E-state index in [4.69, 9.17) is 16.3 Å². The Labute approximate surface area is 191 Å². The molecule has 1 aliphatic carbocycles. The van der Waals surface area contributed by atoms with Crippen molar-refractivity contribution >= 4 is 34.3 Å². The van der Waals surface area contributed by atoms with Crippen LogP contribution in [0.3, 0.4) is 0 Å². The Hall–Kier alpha value is -2.46. The number of aliphatic hydroxyl groups is 2. The number of aromatic nitrogens is 4. The lowest BCUT2D eigenvalue weighted by Crippen LogP contribution is -2.30. The van der Waals surface area contributed by atoms with Crippen LogP contribution in [0.25, 0.3) is 11.2 Å². The minimum atomic E-state index is -0.903. The van der Waals surface area contributed by atoms with Crippen molar-refractivity contribution < 1.29 is 14.9 Å². The molecule has 10 heteroatoms. The first-order valence-electron chi connectivity index (χ1n) is 10.8. The molecule has 3 aromatic rings. The third kappa shape index (κ3) is 3.90. The lowest BCUT2D eigenvalue weighted by molar-refractivity contribution is -0.00886. The van der Waals surface area contributed by atoms with E-state index in [-0.39, 0.29) is 18.0 Å². The predicted octanol–water partition coefficient (Wildman–Crippen LogP) is 2.10. The van der Waals surface area contributed by atoms with Crippen LogP contribution in [0.1, 0.15) is 18.9 Å². The number of rotatable bonds is 6. The number of anilines is 2. The van der Waals surface area contributed by atoms with E-state index in [1.54, 1.807) is 13.4 Å². The van der Waals surface area contributed by atoms with Crippen LogP contribution in [-0.4, -0.2) is 74.8 Å². The van der Waals surface area contributed by atoms with Gasteiger partial charge in [0.25, 0.3) is 0 Å². The highest BCUT2D eigenvalue weighted by molar-refractivity contribution is 6.30. The van der Waals surface area contributed by atoms with E-state index in [0.29, 0.717) is 30.0 Å². The molecule has 0 amide bonds. The molecule has 32 heavy (non-hydrogen) atoms. The van der Waals surface area contributed by atoms with Gasteiger partial charge in [-0.05, 0) is 31.0 Å². The quantitative estimate of drug-likeness (QED) is 0.515. The first-order valence-corrected chi connectivity index (χ1v) is 11.2. The van der Waals surface area contributed by atoms with Gasteiger partial charge in [-0.2, -0.15) is 0 Å². The molecule has 2 aliphatic rings. The van der Waals surface area contributed by atoms with Crippen molar-refractivity contribution in [2.75, 3.05) is 37.0 Å². The molecule has 0 bridgehead atoms. The summed E-state index contributed by atoms with van der Waals surface area (Å²) in [5.41, 5.74) is 2.41. The molecule has 3 heterocycles. The Morgan fingerprint density at radius 2 is 2.09 bits per heavy atom. The number of imidazole rings is 1. The summed E-state index contributed by atoms with van der Waals surface area (Å²) in [6.07, 6.45) is 2.99. The van der Waals surface area contributed by atoms with Crippen LogP contribution in [0.4, 0.5) is 11.5 Å². The number of fused-ring (bicyclic) bond motifs is 1. The maximum Gasteiger partial charge on any atom is 0.165 e. The zero-order chi connectivity index (χ0) is 22.2. The lowest BCUT2D eigenvalue weighted by atomic mass is 10.1. The number of ether oxygens (including phenoxy) is 1. The molecule has 1 saturated heterocycles. The number of methoxy groups -OCH3 is 1. The molecule has 5 atom stereocenters. The van der Waals surface area contributed by atoms with Crippen LogP contribution in [0.15, 0.2) is 36.9 Å². The van der Waals surface area contributed by atoms with Crippen molar-refractivity contribution in [1.82, 2.24) is 19.5 Å². The molecule has 1 saturated carbocycles. The third-order valence-corrected chi connectivity index (χ3v) is 6.81. The van der Waals surface area contributed by atoms with Crippen LogP contribution >= 0.6 is 11.6 Å². The molecular formula is C22H27ClN6O3. The second-order valence-corrected chi connectivity index (χ2v) is 9.04. The summed E-state index contributed by atoms with van der Waals surface area (Å²) in [7, 11) is 1.60. The van der Waals surface area contributed by atoms with Gasteiger partial charge < -0.3 is 29.7 Å². The van der Waals surface area contributed by atoms with Gasteiger partial charge in [-0.15, -0.1) is 0 Å². The average molecular weight is 459 g/mol. The van der Waals surface area contributed by atoms with Crippen LogP contribution < -0.4 is 10.2 Å². The first kappa shape index (κ1) is 21.4. The molecule has 0 radical (unpaired) electrons. The third-order valence-electron chi connectivity index (χ3n) is 6.57. The summed E-state index contributed by atoms with van der Waals surface area (Å²) >= 11 is 6.15. The van der Waals surface area contributed by atoms with E-state index < -0.39 is 12.2 Å². The van der Waals surface area contributed by atoms with Crippen LogP contribution in [-0.2, 0) is 4.74 Å². The van der Waals surface area contributed by atoms with Gasteiger partial charge in [-0.3, -0.25) is 0 Å². The van der Waals surface area contributed by atoms with E-state index in [9.17, 15) is 10.2 Å². The highest BCUT2D eigenvalue weighted by Gasteiger charge is 2.43. The summed E-state index contributed by atoms with van der Waals surface area (Å²) in [4.78, 5) is 15.7. The molecule has 3 N–H and O–H groups in total. The van der Waals surface area contributed by atoms with Crippen molar-refractivity contribution in [3.8, 4) is 0 Å². The number of nitrogens with zero attached hydrogens (tertiary/aromatic N) is 5. The first-order chi connectivity index (χ1) is 15.5. The zero-order valence-electron chi connectivity index (χ0n) is 17.8. The van der Waals surface area contributed by atoms with Gasteiger partial charge in [0.1, 0.15) is 17.9 Å². The number of halogens is 1. The standard InChI is InChI=1S/C22H27ClN6O3/c1-32-10-13-7-17(20(31)19(13)30)29-12-26-18-21(24-11-25-22(18)29)27-15-5-6-28(9-15)16-4-2-3-14(23)8-16/h2-4,8,11-13,15,17,19-20,30-31H,5-7,9-10H2,1H3,(H,24,25,27)/t13-,15+,17-,19-,20+/m1/s1. The SMILES string of the molecule is COC[C@H]1C[C@@H](n2cnc3c(N[C@H]4CCN(c5cccc(Cl)c5)C4)ncnc32)[C@H](O)[C@@H]1O. The van der Waals surface area contributed by atoms with Gasteiger partial charge in [0, 0.05) is 42.9 Å². The molecule has 1 aromatic carbocycles. The molecule has 5 rings (SSSR count). The molecular weight excluding hydrogens is 432 g/mol. The topological polar surface area (TPSA) is 109 Å². The Kier molecular flexibility index (Phi) is 5.90. The monoisotopic (exact) mass is 458 g/mol. The highest BCUT2D eigenvalue weighted by Crippen LogP contribution is 2.37.